The second kappa shape index (κ2) is 5.61. The molecule has 0 fully saturated rings. The summed E-state index contributed by atoms with van der Waals surface area (Å²) in [5.41, 5.74) is 2.84. The van der Waals surface area contributed by atoms with Crippen molar-refractivity contribution in [3.63, 3.8) is 0 Å². The zero-order valence-electron chi connectivity index (χ0n) is 10.8. The summed E-state index contributed by atoms with van der Waals surface area (Å²) in [4.78, 5) is 4.31. The van der Waals surface area contributed by atoms with Crippen LogP contribution < -0.4 is 0 Å². The van der Waals surface area contributed by atoms with Gasteiger partial charge in [-0.15, -0.1) is 0 Å². The van der Waals surface area contributed by atoms with Gasteiger partial charge in [0.1, 0.15) is 0 Å². The highest BCUT2D eigenvalue weighted by atomic mass is 35.5. The van der Waals surface area contributed by atoms with Crippen molar-refractivity contribution in [3.05, 3.63) is 76.9 Å². The molecular formula is C17H14ClNO. The fourth-order valence-corrected chi connectivity index (χ4v) is 2.38. The predicted molar refractivity (Wildman–Crippen MR) is 81.9 cm³/mol. The molecule has 1 unspecified atom stereocenters. The molecule has 1 heterocycles. The van der Waals surface area contributed by atoms with Crippen molar-refractivity contribution in [1.82, 2.24) is 4.98 Å². The molecule has 1 aromatic heterocycles. The highest BCUT2D eigenvalue weighted by Gasteiger charge is 2.09. The molecule has 0 aliphatic heterocycles. The average molecular weight is 284 g/mol. The molecule has 0 saturated carbocycles. The van der Waals surface area contributed by atoms with E-state index in [1.165, 1.54) is 0 Å². The molecule has 2 aromatic carbocycles. The summed E-state index contributed by atoms with van der Waals surface area (Å²) in [6.45, 7) is 0. The summed E-state index contributed by atoms with van der Waals surface area (Å²) in [5.74, 6) is 0. The van der Waals surface area contributed by atoms with Crippen LogP contribution in [0.1, 0.15) is 17.2 Å². The molecule has 0 saturated heterocycles. The lowest BCUT2D eigenvalue weighted by Crippen LogP contribution is -2.01. The molecule has 0 aliphatic rings. The highest BCUT2D eigenvalue weighted by molar-refractivity contribution is 6.30. The van der Waals surface area contributed by atoms with Crippen molar-refractivity contribution in [2.24, 2.45) is 0 Å². The molecule has 0 amide bonds. The number of hydrogen-bond acceptors (Lipinski definition) is 2. The van der Waals surface area contributed by atoms with Crippen molar-refractivity contribution in [2.75, 3.05) is 0 Å². The van der Waals surface area contributed by atoms with Crippen LogP contribution in [0.2, 0.25) is 5.02 Å². The fraction of sp³-hybridized carbons (Fsp3) is 0.118. The SMILES string of the molecule is OC(Cc1ccc(Cl)cc1)c1ccc2cccnc2c1. The number of aromatic nitrogens is 1. The first-order chi connectivity index (χ1) is 9.72. The molecule has 0 spiro atoms. The van der Waals surface area contributed by atoms with Crippen molar-refractivity contribution < 1.29 is 5.11 Å². The maximum Gasteiger partial charge on any atom is 0.0831 e. The second-order valence-electron chi connectivity index (χ2n) is 4.80. The fourth-order valence-electron chi connectivity index (χ4n) is 2.25. The van der Waals surface area contributed by atoms with Crippen LogP contribution in [-0.4, -0.2) is 10.1 Å². The van der Waals surface area contributed by atoms with E-state index in [4.69, 9.17) is 11.6 Å². The Hall–Kier alpha value is -1.90. The number of fused-ring (bicyclic) bond motifs is 1. The largest absolute Gasteiger partial charge is 0.388 e. The van der Waals surface area contributed by atoms with E-state index in [1.807, 2.05) is 54.6 Å². The molecule has 3 heteroatoms. The topological polar surface area (TPSA) is 33.1 Å². The molecule has 0 radical (unpaired) electrons. The van der Waals surface area contributed by atoms with Gasteiger partial charge in [-0.1, -0.05) is 41.9 Å². The third-order valence-corrected chi connectivity index (χ3v) is 3.61. The molecule has 3 rings (SSSR count). The molecular weight excluding hydrogens is 270 g/mol. The maximum atomic E-state index is 10.3. The second-order valence-corrected chi connectivity index (χ2v) is 5.24. The monoisotopic (exact) mass is 283 g/mol. The van der Waals surface area contributed by atoms with Gasteiger partial charge in [0.25, 0.3) is 0 Å². The number of aliphatic hydroxyl groups is 1. The minimum absolute atomic E-state index is 0.539. The molecule has 2 nitrogen and oxygen atoms in total. The van der Waals surface area contributed by atoms with Crippen LogP contribution in [0.15, 0.2) is 60.8 Å². The van der Waals surface area contributed by atoms with Crippen LogP contribution in [0, 0.1) is 0 Å². The van der Waals surface area contributed by atoms with Gasteiger partial charge in [0, 0.05) is 23.0 Å². The van der Waals surface area contributed by atoms with E-state index in [9.17, 15) is 5.11 Å². The predicted octanol–water partition coefficient (Wildman–Crippen LogP) is 4.16. The molecule has 20 heavy (non-hydrogen) atoms. The number of aliphatic hydroxyl groups excluding tert-OH is 1. The first-order valence-corrected chi connectivity index (χ1v) is 6.87. The zero-order valence-corrected chi connectivity index (χ0v) is 11.6. The van der Waals surface area contributed by atoms with Crippen LogP contribution in [0.5, 0.6) is 0 Å². The highest BCUT2D eigenvalue weighted by Crippen LogP contribution is 2.22. The lowest BCUT2D eigenvalue weighted by molar-refractivity contribution is 0.178. The normalized spacial score (nSPS) is 12.5. The first kappa shape index (κ1) is 13.1. The number of benzene rings is 2. The maximum absolute atomic E-state index is 10.3. The molecule has 1 atom stereocenters. The Morgan fingerprint density at radius 3 is 2.65 bits per heavy atom. The number of pyridine rings is 1. The van der Waals surface area contributed by atoms with E-state index in [0.29, 0.717) is 11.4 Å². The zero-order chi connectivity index (χ0) is 13.9. The summed E-state index contributed by atoms with van der Waals surface area (Å²) in [7, 11) is 0. The van der Waals surface area contributed by atoms with Gasteiger partial charge in [-0.3, -0.25) is 4.98 Å². The molecule has 100 valence electrons. The summed E-state index contributed by atoms with van der Waals surface area (Å²) in [6, 6.07) is 17.3. The Labute approximate surface area is 122 Å². The Morgan fingerprint density at radius 2 is 1.85 bits per heavy atom. The van der Waals surface area contributed by atoms with Crippen molar-refractivity contribution in [3.8, 4) is 0 Å². The van der Waals surface area contributed by atoms with Crippen LogP contribution in [0.3, 0.4) is 0 Å². The number of nitrogens with zero attached hydrogens (tertiary/aromatic N) is 1. The number of halogens is 1. The number of hydrogen-bond donors (Lipinski definition) is 1. The minimum Gasteiger partial charge on any atom is -0.388 e. The van der Waals surface area contributed by atoms with E-state index in [2.05, 4.69) is 4.98 Å². The third-order valence-electron chi connectivity index (χ3n) is 3.36. The summed E-state index contributed by atoms with van der Waals surface area (Å²) < 4.78 is 0. The average Bonchev–Trinajstić information content (AvgIpc) is 2.49. The van der Waals surface area contributed by atoms with Crippen LogP contribution in [0.4, 0.5) is 0 Å². The van der Waals surface area contributed by atoms with Gasteiger partial charge in [0.2, 0.25) is 0 Å². The standard InChI is InChI=1S/C17H14ClNO/c18-15-7-3-12(4-8-15)10-17(20)14-6-5-13-2-1-9-19-16(13)11-14/h1-9,11,17,20H,10H2. The van der Waals surface area contributed by atoms with Gasteiger partial charge in [0.15, 0.2) is 0 Å². The van der Waals surface area contributed by atoms with Gasteiger partial charge in [-0.25, -0.2) is 0 Å². The van der Waals surface area contributed by atoms with Crippen molar-refractivity contribution in [2.45, 2.75) is 12.5 Å². The first-order valence-electron chi connectivity index (χ1n) is 6.49. The Bertz CT molecular complexity index is 724. The van der Waals surface area contributed by atoms with Crippen LogP contribution >= 0.6 is 11.6 Å². The summed E-state index contributed by atoms with van der Waals surface area (Å²) in [5, 5.41) is 12.1. The van der Waals surface area contributed by atoms with E-state index < -0.39 is 6.10 Å². The van der Waals surface area contributed by atoms with E-state index in [-0.39, 0.29) is 0 Å². The Balaban J connectivity index is 1.84. The molecule has 0 bridgehead atoms. The van der Waals surface area contributed by atoms with Gasteiger partial charge in [0.05, 0.1) is 11.6 Å². The summed E-state index contributed by atoms with van der Waals surface area (Å²) in [6.07, 6.45) is 1.79. The van der Waals surface area contributed by atoms with Gasteiger partial charge in [-0.2, -0.15) is 0 Å². The van der Waals surface area contributed by atoms with Gasteiger partial charge >= 0.3 is 0 Å². The lowest BCUT2D eigenvalue weighted by Gasteiger charge is -2.12. The third kappa shape index (κ3) is 2.82. The van der Waals surface area contributed by atoms with Gasteiger partial charge < -0.3 is 5.11 Å². The summed E-state index contributed by atoms with van der Waals surface area (Å²) >= 11 is 5.86. The minimum atomic E-state index is -0.539. The van der Waals surface area contributed by atoms with E-state index >= 15 is 0 Å². The Morgan fingerprint density at radius 1 is 1.05 bits per heavy atom. The molecule has 3 aromatic rings. The van der Waals surface area contributed by atoms with Gasteiger partial charge in [-0.05, 0) is 35.4 Å². The smallest absolute Gasteiger partial charge is 0.0831 e. The van der Waals surface area contributed by atoms with Crippen LogP contribution in [0.25, 0.3) is 10.9 Å². The van der Waals surface area contributed by atoms with E-state index in [0.717, 1.165) is 22.0 Å². The Kier molecular flexibility index (Phi) is 3.68. The van der Waals surface area contributed by atoms with Crippen molar-refractivity contribution in [1.29, 1.82) is 0 Å². The van der Waals surface area contributed by atoms with Crippen LogP contribution in [-0.2, 0) is 6.42 Å². The lowest BCUT2D eigenvalue weighted by atomic mass is 10.0. The molecule has 0 aliphatic carbocycles. The quantitative estimate of drug-likeness (QED) is 0.783. The van der Waals surface area contributed by atoms with E-state index in [1.54, 1.807) is 6.20 Å². The van der Waals surface area contributed by atoms with Crippen molar-refractivity contribution >= 4 is 22.5 Å². The number of rotatable bonds is 3. The molecule has 1 N–H and O–H groups in total.